The molecule has 2 atom stereocenters. The Bertz CT molecular complexity index is 437. The summed E-state index contributed by atoms with van der Waals surface area (Å²) in [5.74, 6) is 0.0567. The van der Waals surface area contributed by atoms with Gasteiger partial charge in [0.25, 0.3) is 5.91 Å². The van der Waals surface area contributed by atoms with Crippen molar-refractivity contribution in [2.24, 2.45) is 0 Å². The summed E-state index contributed by atoms with van der Waals surface area (Å²) < 4.78 is 5.71. The van der Waals surface area contributed by atoms with Crippen LogP contribution in [0.1, 0.15) is 35.5 Å². The molecule has 2 heterocycles. The van der Waals surface area contributed by atoms with Crippen molar-refractivity contribution in [2.45, 2.75) is 39.4 Å². The van der Waals surface area contributed by atoms with Crippen molar-refractivity contribution >= 4 is 17.2 Å². The molecule has 1 fully saturated rings. The lowest BCUT2D eigenvalue weighted by Gasteiger charge is -2.35. The molecule has 2 rings (SSSR count). The Morgan fingerprint density at radius 2 is 2.15 bits per heavy atom. The summed E-state index contributed by atoms with van der Waals surface area (Å²) in [5.41, 5.74) is 1.06. The van der Waals surface area contributed by atoms with Gasteiger partial charge in [0.15, 0.2) is 0 Å². The first-order valence-corrected chi connectivity index (χ1v) is 8.14. The van der Waals surface area contributed by atoms with E-state index in [0.717, 1.165) is 43.0 Å². The van der Waals surface area contributed by atoms with Crippen LogP contribution in [0.2, 0.25) is 0 Å². The Kier molecular flexibility index (Phi) is 5.57. The van der Waals surface area contributed by atoms with Crippen molar-refractivity contribution in [3.8, 4) is 0 Å². The smallest absolute Gasteiger partial charge is 0.261 e. The van der Waals surface area contributed by atoms with Crippen molar-refractivity contribution < 1.29 is 9.53 Å². The molecule has 0 aliphatic carbocycles. The third-order valence-corrected chi connectivity index (χ3v) is 4.52. The maximum Gasteiger partial charge on any atom is 0.261 e. The molecular formula is C15H24N2O2S. The molecule has 0 unspecified atom stereocenters. The fourth-order valence-electron chi connectivity index (χ4n) is 2.66. The molecule has 1 aromatic rings. The van der Waals surface area contributed by atoms with Gasteiger partial charge in [-0.15, -0.1) is 11.3 Å². The molecule has 0 radical (unpaired) electrons. The third kappa shape index (κ3) is 4.30. The van der Waals surface area contributed by atoms with Gasteiger partial charge in [-0.3, -0.25) is 9.69 Å². The number of aryl methyl sites for hydroxylation is 1. The van der Waals surface area contributed by atoms with Crippen LogP contribution in [0.15, 0.2) is 11.4 Å². The molecule has 0 saturated carbocycles. The van der Waals surface area contributed by atoms with Gasteiger partial charge in [0.05, 0.1) is 17.1 Å². The second-order valence-corrected chi connectivity index (χ2v) is 6.48. The van der Waals surface area contributed by atoms with E-state index in [1.165, 1.54) is 11.3 Å². The molecule has 1 aromatic heterocycles. The van der Waals surface area contributed by atoms with Gasteiger partial charge in [-0.05, 0) is 44.2 Å². The minimum atomic E-state index is 0.0567. The van der Waals surface area contributed by atoms with E-state index in [4.69, 9.17) is 4.74 Å². The molecule has 0 bridgehead atoms. The quantitative estimate of drug-likeness (QED) is 0.848. The molecule has 112 valence electrons. The highest BCUT2D eigenvalue weighted by Gasteiger charge is 2.21. The predicted molar refractivity (Wildman–Crippen MR) is 82.5 cm³/mol. The van der Waals surface area contributed by atoms with E-state index in [-0.39, 0.29) is 5.91 Å². The molecule has 0 aromatic carbocycles. The molecule has 5 heteroatoms. The summed E-state index contributed by atoms with van der Waals surface area (Å²) in [4.78, 5) is 15.2. The highest BCUT2D eigenvalue weighted by Crippen LogP contribution is 2.15. The van der Waals surface area contributed by atoms with Gasteiger partial charge in [0, 0.05) is 26.2 Å². The Morgan fingerprint density at radius 3 is 2.75 bits per heavy atom. The predicted octanol–water partition coefficient (Wildman–Crippen LogP) is 2.29. The monoisotopic (exact) mass is 296 g/mol. The molecule has 1 aliphatic heterocycles. The lowest BCUT2D eigenvalue weighted by molar-refractivity contribution is -0.0679. The first-order valence-electron chi connectivity index (χ1n) is 7.26. The Balaban J connectivity index is 1.66. The Morgan fingerprint density at radius 1 is 1.45 bits per heavy atom. The second kappa shape index (κ2) is 7.20. The molecule has 1 N–H and O–H groups in total. The third-order valence-electron chi connectivity index (χ3n) is 3.50. The van der Waals surface area contributed by atoms with E-state index in [1.807, 2.05) is 18.4 Å². The molecule has 4 nitrogen and oxygen atoms in total. The van der Waals surface area contributed by atoms with Crippen LogP contribution in [0, 0.1) is 6.92 Å². The highest BCUT2D eigenvalue weighted by atomic mass is 32.1. The number of ether oxygens (including phenoxy) is 1. The number of morpholine rings is 1. The van der Waals surface area contributed by atoms with Crippen molar-refractivity contribution in [1.82, 2.24) is 10.2 Å². The first kappa shape index (κ1) is 15.5. The van der Waals surface area contributed by atoms with Crippen LogP contribution < -0.4 is 5.32 Å². The number of nitrogens with zero attached hydrogens (tertiary/aromatic N) is 1. The lowest BCUT2D eigenvalue weighted by atomic mass is 10.2. The summed E-state index contributed by atoms with van der Waals surface area (Å²) >= 11 is 1.51. The zero-order valence-electron chi connectivity index (χ0n) is 12.5. The van der Waals surface area contributed by atoms with E-state index in [1.54, 1.807) is 0 Å². The van der Waals surface area contributed by atoms with Gasteiger partial charge in [-0.25, -0.2) is 0 Å². The van der Waals surface area contributed by atoms with Gasteiger partial charge in [0.1, 0.15) is 0 Å². The number of thiophene rings is 1. The minimum Gasteiger partial charge on any atom is -0.373 e. The maximum atomic E-state index is 11.9. The van der Waals surface area contributed by atoms with Crippen LogP contribution in [-0.4, -0.2) is 49.2 Å². The van der Waals surface area contributed by atoms with E-state index in [2.05, 4.69) is 24.1 Å². The zero-order valence-corrected chi connectivity index (χ0v) is 13.3. The van der Waals surface area contributed by atoms with Crippen molar-refractivity contribution in [2.75, 3.05) is 26.2 Å². The summed E-state index contributed by atoms with van der Waals surface area (Å²) in [6, 6.07) is 1.98. The first-order chi connectivity index (χ1) is 9.56. The largest absolute Gasteiger partial charge is 0.373 e. The van der Waals surface area contributed by atoms with Crippen LogP contribution in [0.25, 0.3) is 0 Å². The van der Waals surface area contributed by atoms with Gasteiger partial charge in [-0.1, -0.05) is 0 Å². The number of carbonyl (C=O) groups is 1. The van der Waals surface area contributed by atoms with Crippen LogP contribution in [0.5, 0.6) is 0 Å². The minimum absolute atomic E-state index is 0.0567. The molecule has 0 spiro atoms. The summed E-state index contributed by atoms with van der Waals surface area (Å²) in [7, 11) is 0. The van der Waals surface area contributed by atoms with Crippen molar-refractivity contribution in [3.05, 3.63) is 21.9 Å². The molecule has 1 saturated heterocycles. The fourth-order valence-corrected chi connectivity index (χ4v) is 3.50. The number of hydrogen-bond acceptors (Lipinski definition) is 4. The number of hydrogen-bond donors (Lipinski definition) is 1. The van der Waals surface area contributed by atoms with Gasteiger partial charge in [0.2, 0.25) is 0 Å². The normalized spacial score (nSPS) is 23.8. The lowest BCUT2D eigenvalue weighted by Crippen LogP contribution is -2.46. The molecule has 20 heavy (non-hydrogen) atoms. The average Bonchev–Trinajstić information content (AvgIpc) is 2.79. The summed E-state index contributed by atoms with van der Waals surface area (Å²) in [6.45, 7) is 9.93. The molecule has 1 amide bonds. The van der Waals surface area contributed by atoms with Gasteiger partial charge >= 0.3 is 0 Å². The second-order valence-electron chi connectivity index (χ2n) is 5.56. The van der Waals surface area contributed by atoms with Crippen LogP contribution >= 0.6 is 11.3 Å². The number of carbonyl (C=O) groups excluding carboxylic acids is 1. The van der Waals surface area contributed by atoms with E-state index in [0.29, 0.717) is 12.2 Å². The summed E-state index contributed by atoms with van der Waals surface area (Å²) in [6.07, 6.45) is 1.60. The van der Waals surface area contributed by atoms with Gasteiger partial charge in [-0.2, -0.15) is 0 Å². The molecular weight excluding hydrogens is 272 g/mol. The number of nitrogens with one attached hydrogen (secondary N) is 1. The number of amides is 1. The Labute approximate surface area is 125 Å². The fraction of sp³-hybridized carbons (Fsp3) is 0.667. The maximum absolute atomic E-state index is 11.9. The highest BCUT2D eigenvalue weighted by molar-refractivity contribution is 7.12. The van der Waals surface area contributed by atoms with Crippen molar-refractivity contribution in [3.63, 3.8) is 0 Å². The topological polar surface area (TPSA) is 41.6 Å². The van der Waals surface area contributed by atoms with E-state index < -0.39 is 0 Å². The van der Waals surface area contributed by atoms with Crippen LogP contribution in [0.4, 0.5) is 0 Å². The number of rotatable bonds is 5. The molecule has 1 aliphatic rings. The SMILES string of the molecule is Cc1ccsc1C(=O)NCCCN1C[C@@H](C)O[C@@H](C)C1. The van der Waals surface area contributed by atoms with E-state index >= 15 is 0 Å². The average molecular weight is 296 g/mol. The van der Waals surface area contributed by atoms with Crippen molar-refractivity contribution in [1.29, 1.82) is 0 Å². The standard InChI is InChI=1S/C15H24N2O2S/c1-11-5-8-20-14(11)15(18)16-6-4-7-17-9-12(2)19-13(3)10-17/h5,8,12-13H,4,6-7,9-10H2,1-3H3,(H,16,18)/t12-,13+. The van der Waals surface area contributed by atoms with Crippen LogP contribution in [-0.2, 0) is 4.74 Å². The zero-order chi connectivity index (χ0) is 14.5. The van der Waals surface area contributed by atoms with Crippen LogP contribution in [0.3, 0.4) is 0 Å². The summed E-state index contributed by atoms with van der Waals surface area (Å²) in [5, 5.41) is 4.96. The Hall–Kier alpha value is -0.910. The van der Waals surface area contributed by atoms with Gasteiger partial charge < -0.3 is 10.1 Å². The van der Waals surface area contributed by atoms with E-state index in [9.17, 15) is 4.79 Å².